The molecule has 1 fully saturated rings. The van der Waals surface area contributed by atoms with Gasteiger partial charge in [0.1, 0.15) is 0 Å². The summed E-state index contributed by atoms with van der Waals surface area (Å²) in [5.41, 5.74) is 2.31. The Kier molecular flexibility index (Phi) is 11.2. The molecule has 1 aliphatic rings. The molecule has 7 nitrogen and oxygen atoms in total. The van der Waals surface area contributed by atoms with Gasteiger partial charge in [0.05, 0.1) is 5.69 Å². The maximum absolute atomic E-state index is 4.50. The molecule has 0 bridgehead atoms. The summed E-state index contributed by atoms with van der Waals surface area (Å²) in [7, 11) is 1.83. The number of nitrogens with one attached hydrogen (secondary N) is 2. The maximum atomic E-state index is 4.50. The number of guanidine groups is 1. The first-order valence-electron chi connectivity index (χ1n) is 9.95. The van der Waals surface area contributed by atoms with Crippen molar-refractivity contribution in [2.75, 3.05) is 52.9 Å². The molecule has 156 valence electrons. The molecule has 0 spiro atoms. The van der Waals surface area contributed by atoms with Gasteiger partial charge in [-0.3, -0.25) is 14.6 Å². The molecular weight excluding hydrogens is 453 g/mol. The fourth-order valence-electron chi connectivity index (χ4n) is 3.45. The van der Waals surface area contributed by atoms with Crippen LogP contribution in [0.25, 0.3) is 0 Å². The van der Waals surface area contributed by atoms with E-state index < -0.39 is 0 Å². The van der Waals surface area contributed by atoms with Crippen LogP contribution in [0.1, 0.15) is 31.7 Å². The number of aryl methyl sites for hydroxylation is 3. The largest absolute Gasteiger partial charge is 0.356 e. The number of likely N-dealkylation sites (N-methyl/N-ethyl adjacent to an activating group) is 1. The maximum Gasteiger partial charge on any atom is 0.191 e. The SMILES string of the molecule is CCN1CCN(C(C)CNC(=NC)NCCCn2nc(C)cc2C)CC1.I. The van der Waals surface area contributed by atoms with Crippen LogP contribution in [-0.2, 0) is 6.54 Å². The summed E-state index contributed by atoms with van der Waals surface area (Å²) in [6.07, 6.45) is 1.02. The lowest BCUT2D eigenvalue weighted by Crippen LogP contribution is -2.53. The molecule has 0 radical (unpaired) electrons. The average molecular weight is 491 g/mol. The normalized spacial score (nSPS) is 17.4. The summed E-state index contributed by atoms with van der Waals surface area (Å²) in [5, 5.41) is 11.4. The van der Waals surface area contributed by atoms with Crippen molar-refractivity contribution in [3.8, 4) is 0 Å². The number of halogens is 1. The predicted octanol–water partition coefficient (Wildman–Crippen LogP) is 1.70. The second kappa shape index (κ2) is 12.6. The highest BCUT2D eigenvalue weighted by Crippen LogP contribution is 2.05. The van der Waals surface area contributed by atoms with Gasteiger partial charge < -0.3 is 15.5 Å². The number of aromatic nitrogens is 2. The lowest BCUT2D eigenvalue weighted by atomic mass is 10.2. The molecule has 1 aromatic heterocycles. The molecule has 1 atom stereocenters. The molecule has 2 N–H and O–H groups in total. The smallest absolute Gasteiger partial charge is 0.191 e. The van der Waals surface area contributed by atoms with Gasteiger partial charge in [-0.2, -0.15) is 5.10 Å². The van der Waals surface area contributed by atoms with Crippen LogP contribution in [-0.4, -0.2) is 84.4 Å². The summed E-state index contributed by atoms with van der Waals surface area (Å²) < 4.78 is 2.07. The molecule has 27 heavy (non-hydrogen) atoms. The first kappa shape index (κ1) is 24.2. The Morgan fingerprint density at radius 2 is 1.93 bits per heavy atom. The second-order valence-corrected chi connectivity index (χ2v) is 7.20. The van der Waals surface area contributed by atoms with E-state index in [4.69, 9.17) is 0 Å². The van der Waals surface area contributed by atoms with E-state index in [9.17, 15) is 0 Å². The molecule has 0 aliphatic carbocycles. The first-order chi connectivity index (χ1) is 12.5. The molecule has 1 aromatic rings. The van der Waals surface area contributed by atoms with Crippen molar-refractivity contribution in [1.29, 1.82) is 0 Å². The third-order valence-corrected chi connectivity index (χ3v) is 5.21. The van der Waals surface area contributed by atoms with Gasteiger partial charge in [-0.15, -0.1) is 24.0 Å². The van der Waals surface area contributed by atoms with Gasteiger partial charge in [0, 0.05) is 64.6 Å². The summed E-state index contributed by atoms with van der Waals surface area (Å²) >= 11 is 0. The van der Waals surface area contributed by atoms with Crippen LogP contribution in [0.2, 0.25) is 0 Å². The Morgan fingerprint density at radius 1 is 1.22 bits per heavy atom. The zero-order valence-electron chi connectivity index (χ0n) is 17.7. The number of piperazine rings is 1. The van der Waals surface area contributed by atoms with Gasteiger partial charge in [0.25, 0.3) is 0 Å². The molecule has 0 amide bonds. The topological polar surface area (TPSA) is 60.7 Å². The number of aliphatic imine (C=N–C) groups is 1. The zero-order valence-corrected chi connectivity index (χ0v) is 20.0. The van der Waals surface area contributed by atoms with E-state index in [-0.39, 0.29) is 24.0 Å². The summed E-state index contributed by atoms with van der Waals surface area (Å²) in [6, 6.07) is 2.64. The van der Waals surface area contributed by atoms with E-state index >= 15 is 0 Å². The lowest BCUT2D eigenvalue weighted by molar-refractivity contribution is 0.107. The molecule has 1 aliphatic heterocycles. The monoisotopic (exact) mass is 491 g/mol. The molecular formula is C19H38IN7. The van der Waals surface area contributed by atoms with Crippen LogP contribution in [0, 0.1) is 13.8 Å². The van der Waals surface area contributed by atoms with Gasteiger partial charge >= 0.3 is 0 Å². The third kappa shape index (κ3) is 7.95. The van der Waals surface area contributed by atoms with Crippen molar-refractivity contribution < 1.29 is 0 Å². The number of rotatable bonds is 8. The van der Waals surface area contributed by atoms with Gasteiger partial charge in [0.2, 0.25) is 0 Å². The van der Waals surface area contributed by atoms with E-state index in [0.29, 0.717) is 6.04 Å². The highest BCUT2D eigenvalue weighted by Gasteiger charge is 2.20. The summed E-state index contributed by atoms with van der Waals surface area (Å²) in [4.78, 5) is 9.42. The Hall–Kier alpha value is -0.870. The van der Waals surface area contributed by atoms with Gasteiger partial charge in [0.15, 0.2) is 5.96 Å². The summed E-state index contributed by atoms with van der Waals surface area (Å²) in [5.74, 6) is 0.886. The van der Waals surface area contributed by atoms with E-state index in [1.54, 1.807) is 0 Å². The first-order valence-corrected chi connectivity index (χ1v) is 9.95. The zero-order chi connectivity index (χ0) is 18.9. The second-order valence-electron chi connectivity index (χ2n) is 7.20. The van der Waals surface area contributed by atoms with Crippen molar-refractivity contribution in [3.05, 3.63) is 17.5 Å². The molecule has 1 unspecified atom stereocenters. The minimum Gasteiger partial charge on any atom is -0.356 e. The van der Waals surface area contributed by atoms with Crippen LogP contribution >= 0.6 is 24.0 Å². The van der Waals surface area contributed by atoms with Gasteiger partial charge in [-0.05, 0) is 39.8 Å². The minimum atomic E-state index is 0. The van der Waals surface area contributed by atoms with Crippen molar-refractivity contribution in [1.82, 2.24) is 30.2 Å². The lowest BCUT2D eigenvalue weighted by Gasteiger charge is -2.37. The molecule has 8 heteroatoms. The Balaban J connectivity index is 0.00000364. The highest BCUT2D eigenvalue weighted by molar-refractivity contribution is 14.0. The fraction of sp³-hybridized carbons (Fsp3) is 0.789. The Morgan fingerprint density at radius 3 is 2.48 bits per heavy atom. The average Bonchev–Trinajstić information content (AvgIpc) is 2.98. The minimum absolute atomic E-state index is 0. The number of hydrogen-bond donors (Lipinski definition) is 2. The van der Waals surface area contributed by atoms with Crippen LogP contribution in [0.3, 0.4) is 0 Å². The summed E-state index contributed by atoms with van der Waals surface area (Å²) in [6.45, 7) is 17.3. The molecule has 0 aromatic carbocycles. The molecule has 1 saturated heterocycles. The van der Waals surface area contributed by atoms with Crippen LogP contribution in [0.5, 0.6) is 0 Å². The molecule has 0 saturated carbocycles. The van der Waals surface area contributed by atoms with E-state index in [1.807, 2.05) is 14.0 Å². The van der Waals surface area contributed by atoms with Crippen molar-refractivity contribution in [2.24, 2.45) is 4.99 Å². The quantitative estimate of drug-likeness (QED) is 0.251. The highest BCUT2D eigenvalue weighted by atomic mass is 127. The van der Waals surface area contributed by atoms with E-state index in [1.165, 1.54) is 18.8 Å². The van der Waals surface area contributed by atoms with Crippen LogP contribution in [0.4, 0.5) is 0 Å². The third-order valence-electron chi connectivity index (χ3n) is 5.21. The van der Waals surface area contributed by atoms with E-state index in [2.05, 4.69) is 62.0 Å². The Labute approximate surface area is 182 Å². The standard InChI is InChI=1S/C19H37N7.HI/c1-6-24-10-12-25(13-11-24)18(4)15-22-19(20-5)21-8-7-9-26-17(3)14-16(2)23-26;/h14,18H,6-13,15H2,1-5H3,(H2,20,21,22);1H. The fourth-order valence-corrected chi connectivity index (χ4v) is 3.45. The van der Waals surface area contributed by atoms with Crippen LogP contribution < -0.4 is 10.6 Å². The number of hydrogen-bond acceptors (Lipinski definition) is 4. The Bertz CT molecular complexity index is 564. The van der Waals surface area contributed by atoms with Crippen LogP contribution in [0.15, 0.2) is 11.1 Å². The van der Waals surface area contributed by atoms with Crippen molar-refractivity contribution >= 4 is 29.9 Å². The predicted molar refractivity (Wildman–Crippen MR) is 124 cm³/mol. The molecule has 2 rings (SSSR count). The number of nitrogens with zero attached hydrogens (tertiary/aromatic N) is 5. The van der Waals surface area contributed by atoms with E-state index in [0.717, 1.165) is 57.3 Å². The van der Waals surface area contributed by atoms with Crippen molar-refractivity contribution in [3.63, 3.8) is 0 Å². The van der Waals surface area contributed by atoms with Gasteiger partial charge in [-0.25, -0.2) is 0 Å². The van der Waals surface area contributed by atoms with Gasteiger partial charge in [-0.1, -0.05) is 6.92 Å². The van der Waals surface area contributed by atoms with Crippen molar-refractivity contribution in [2.45, 2.75) is 46.7 Å². The molecule has 2 heterocycles.